The van der Waals surface area contributed by atoms with Crippen LogP contribution in [0.15, 0.2) is 54.7 Å². The van der Waals surface area contributed by atoms with E-state index >= 15 is 0 Å². The normalized spacial score (nSPS) is 14.9. The number of carbonyl (C=O) groups is 1. The molecule has 1 atom stereocenters. The zero-order valence-electron chi connectivity index (χ0n) is 15.7. The molecule has 2 aromatic heterocycles. The van der Waals surface area contributed by atoms with E-state index in [-0.39, 0.29) is 5.91 Å². The topological polar surface area (TPSA) is 80.5 Å². The molecule has 1 aromatic carbocycles. The molecule has 1 aliphatic heterocycles. The molecule has 0 radical (unpaired) electrons. The van der Waals surface area contributed by atoms with E-state index in [0.717, 1.165) is 17.7 Å². The number of methoxy groups -OCH3 is 1. The zero-order chi connectivity index (χ0) is 19.5. The van der Waals surface area contributed by atoms with Gasteiger partial charge in [0.05, 0.1) is 25.0 Å². The van der Waals surface area contributed by atoms with Crippen LogP contribution in [0.4, 0.5) is 0 Å². The van der Waals surface area contributed by atoms with Gasteiger partial charge in [0.2, 0.25) is 5.88 Å². The van der Waals surface area contributed by atoms with Crippen LogP contribution in [0.2, 0.25) is 0 Å². The van der Waals surface area contributed by atoms with Crippen LogP contribution in [0.25, 0.3) is 0 Å². The van der Waals surface area contributed by atoms with Crippen LogP contribution in [0.5, 0.6) is 5.88 Å². The van der Waals surface area contributed by atoms with Crippen molar-refractivity contribution in [1.82, 2.24) is 19.7 Å². The van der Waals surface area contributed by atoms with E-state index in [0.29, 0.717) is 36.8 Å². The van der Waals surface area contributed by atoms with Crippen LogP contribution in [0.1, 0.15) is 39.8 Å². The lowest BCUT2D eigenvalue weighted by molar-refractivity contribution is 0.0741. The third-order valence-corrected chi connectivity index (χ3v) is 4.91. The first-order valence-corrected chi connectivity index (χ1v) is 9.25. The number of carbonyl (C=O) groups excluding carboxylic acids is 1. The highest BCUT2D eigenvalue weighted by Crippen LogP contribution is 2.25. The maximum atomic E-state index is 13.0. The number of rotatable bonds is 4. The van der Waals surface area contributed by atoms with E-state index in [2.05, 4.69) is 10.1 Å². The average molecular weight is 378 g/mol. The highest BCUT2D eigenvalue weighted by molar-refractivity contribution is 5.96. The highest BCUT2D eigenvalue weighted by atomic mass is 16.5. The molecule has 0 saturated carbocycles. The Balaban J connectivity index is 1.58. The molecular weight excluding hydrogens is 356 g/mol. The minimum absolute atomic E-state index is 0.121. The Hall–Kier alpha value is -3.19. The van der Waals surface area contributed by atoms with Crippen LogP contribution in [0, 0.1) is 0 Å². The first-order chi connectivity index (χ1) is 13.7. The molecule has 0 bridgehead atoms. The SMILES string of the molecule is COc1ncccc1C(=O)N1CCCn2nc([C@@H](O)c3ccccc3)cc2C1. The zero-order valence-corrected chi connectivity index (χ0v) is 15.7. The summed E-state index contributed by atoms with van der Waals surface area (Å²) < 4.78 is 7.12. The lowest BCUT2D eigenvalue weighted by Crippen LogP contribution is -2.31. The molecule has 3 heterocycles. The van der Waals surface area contributed by atoms with Crippen molar-refractivity contribution in [2.75, 3.05) is 13.7 Å². The van der Waals surface area contributed by atoms with Crippen LogP contribution in [0.3, 0.4) is 0 Å². The Morgan fingerprint density at radius 2 is 2.00 bits per heavy atom. The molecule has 7 nitrogen and oxygen atoms in total. The number of benzene rings is 1. The smallest absolute Gasteiger partial charge is 0.259 e. The molecule has 0 unspecified atom stereocenters. The summed E-state index contributed by atoms with van der Waals surface area (Å²) in [7, 11) is 1.51. The molecular formula is C21H22N4O3. The summed E-state index contributed by atoms with van der Waals surface area (Å²) in [5.41, 5.74) is 2.74. The number of ether oxygens (including phenoxy) is 1. The summed E-state index contributed by atoms with van der Waals surface area (Å²) in [5, 5.41) is 15.2. The van der Waals surface area contributed by atoms with Crippen molar-refractivity contribution < 1.29 is 14.6 Å². The predicted molar refractivity (Wildman–Crippen MR) is 103 cm³/mol. The molecule has 0 aliphatic carbocycles. The minimum Gasteiger partial charge on any atom is -0.480 e. The Morgan fingerprint density at radius 3 is 2.79 bits per heavy atom. The van der Waals surface area contributed by atoms with Crippen molar-refractivity contribution in [1.29, 1.82) is 0 Å². The summed E-state index contributed by atoms with van der Waals surface area (Å²) in [4.78, 5) is 18.9. The predicted octanol–water partition coefficient (Wildman–Crippen LogP) is 2.41. The number of amides is 1. The molecule has 0 fully saturated rings. The highest BCUT2D eigenvalue weighted by Gasteiger charge is 2.25. The molecule has 1 aliphatic rings. The lowest BCUT2D eigenvalue weighted by atomic mass is 10.1. The summed E-state index contributed by atoms with van der Waals surface area (Å²) in [5.74, 6) is 0.204. The molecule has 0 spiro atoms. The first kappa shape index (κ1) is 18.2. The molecule has 1 amide bonds. The number of aromatic nitrogens is 3. The maximum absolute atomic E-state index is 13.0. The first-order valence-electron chi connectivity index (χ1n) is 9.25. The van der Waals surface area contributed by atoms with Gasteiger partial charge in [0.15, 0.2) is 0 Å². The number of fused-ring (bicyclic) bond motifs is 1. The Kier molecular flexibility index (Phi) is 5.08. The molecule has 28 heavy (non-hydrogen) atoms. The summed E-state index contributed by atoms with van der Waals surface area (Å²) in [6.45, 7) is 1.74. The fourth-order valence-corrected chi connectivity index (χ4v) is 3.48. The minimum atomic E-state index is -0.789. The number of pyridine rings is 1. The van der Waals surface area contributed by atoms with Gasteiger partial charge in [-0.3, -0.25) is 9.48 Å². The van der Waals surface area contributed by atoms with Gasteiger partial charge in [-0.1, -0.05) is 30.3 Å². The van der Waals surface area contributed by atoms with E-state index in [1.165, 1.54) is 7.11 Å². The van der Waals surface area contributed by atoms with Crippen LogP contribution in [-0.4, -0.2) is 44.3 Å². The van der Waals surface area contributed by atoms with Gasteiger partial charge in [0.25, 0.3) is 5.91 Å². The monoisotopic (exact) mass is 378 g/mol. The van der Waals surface area contributed by atoms with E-state index in [1.54, 1.807) is 23.2 Å². The van der Waals surface area contributed by atoms with E-state index in [1.807, 2.05) is 41.1 Å². The van der Waals surface area contributed by atoms with Crippen LogP contribution in [-0.2, 0) is 13.1 Å². The Bertz CT molecular complexity index is 971. The number of aliphatic hydroxyl groups is 1. The van der Waals surface area contributed by atoms with Gasteiger partial charge in [-0.25, -0.2) is 4.98 Å². The van der Waals surface area contributed by atoms with Crippen molar-refractivity contribution in [3.8, 4) is 5.88 Å². The molecule has 1 N–H and O–H groups in total. The van der Waals surface area contributed by atoms with E-state index in [9.17, 15) is 9.90 Å². The Morgan fingerprint density at radius 1 is 1.18 bits per heavy atom. The number of hydrogen-bond donors (Lipinski definition) is 1. The van der Waals surface area contributed by atoms with Gasteiger partial charge in [-0.2, -0.15) is 5.10 Å². The second-order valence-electron chi connectivity index (χ2n) is 6.74. The molecule has 0 saturated heterocycles. The van der Waals surface area contributed by atoms with Crippen molar-refractivity contribution in [3.05, 3.63) is 77.2 Å². The molecule has 7 heteroatoms. The van der Waals surface area contributed by atoms with Crippen molar-refractivity contribution in [2.45, 2.75) is 25.6 Å². The standard InChI is InChI=1S/C21H22N4O3/c1-28-20-17(9-5-10-22-20)21(27)24-11-6-12-25-16(14-24)13-18(23-25)19(26)15-7-3-2-4-8-15/h2-5,7-10,13,19,26H,6,11-12,14H2,1H3/t19-/m0/s1. The second-order valence-corrected chi connectivity index (χ2v) is 6.74. The fourth-order valence-electron chi connectivity index (χ4n) is 3.48. The van der Waals surface area contributed by atoms with Gasteiger partial charge in [-0.15, -0.1) is 0 Å². The second kappa shape index (κ2) is 7.82. The summed E-state index contributed by atoms with van der Waals surface area (Å²) in [6.07, 6.45) is 1.59. The van der Waals surface area contributed by atoms with Crippen molar-refractivity contribution >= 4 is 5.91 Å². The summed E-state index contributed by atoms with van der Waals surface area (Å²) >= 11 is 0. The number of nitrogens with zero attached hydrogens (tertiary/aromatic N) is 4. The van der Waals surface area contributed by atoms with Crippen molar-refractivity contribution in [3.63, 3.8) is 0 Å². The van der Waals surface area contributed by atoms with Crippen molar-refractivity contribution in [2.24, 2.45) is 0 Å². The van der Waals surface area contributed by atoms with E-state index < -0.39 is 6.10 Å². The maximum Gasteiger partial charge on any atom is 0.259 e. The largest absolute Gasteiger partial charge is 0.480 e. The number of hydrogen-bond acceptors (Lipinski definition) is 5. The van der Waals surface area contributed by atoms with Gasteiger partial charge < -0.3 is 14.7 Å². The van der Waals surface area contributed by atoms with Gasteiger partial charge >= 0.3 is 0 Å². The average Bonchev–Trinajstić information content (AvgIpc) is 3.04. The number of aryl methyl sites for hydroxylation is 1. The number of aliphatic hydroxyl groups excluding tert-OH is 1. The van der Waals surface area contributed by atoms with Gasteiger partial charge in [0, 0.05) is 19.3 Å². The van der Waals surface area contributed by atoms with Crippen LogP contribution >= 0.6 is 0 Å². The molecule has 4 rings (SSSR count). The molecule has 3 aromatic rings. The lowest BCUT2D eigenvalue weighted by Gasteiger charge is -2.20. The fraction of sp³-hybridized carbons (Fsp3) is 0.286. The third kappa shape index (κ3) is 3.48. The summed E-state index contributed by atoms with van der Waals surface area (Å²) in [6, 6.07) is 14.8. The van der Waals surface area contributed by atoms with Crippen LogP contribution < -0.4 is 4.74 Å². The quantitative estimate of drug-likeness (QED) is 0.754. The van der Waals surface area contributed by atoms with Gasteiger partial charge in [0.1, 0.15) is 11.7 Å². The molecule has 144 valence electrons. The Labute approximate surface area is 163 Å². The third-order valence-electron chi connectivity index (χ3n) is 4.91. The van der Waals surface area contributed by atoms with E-state index in [4.69, 9.17) is 4.74 Å². The van der Waals surface area contributed by atoms with Gasteiger partial charge in [-0.05, 0) is 30.2 Å².